The van der Waals surface area contributed by atoms with E-state index < -0.39 is 0 Å². The van der Waals surface area contributed by atoms with E-state index in [0.29, 0.717) is 29.4 Å². The molecule has 0 amide bonds. The van der Waals surface area contributed by atoms with E-state index in [-0.39, 0.29) is 5.82 Å². The highest BCUT2D eigenvalue weighted by Gasteiger charge is 2.12. The van der Waals surface area contributed by atoms with Gasteiger partial charge in [0.2, 0.25) is 5.82 Å². The molecule has 0 aliphatic rings. The van der Waals surface area contributed by atoms with Crippen LogP contribution in [0.4, 0.5) is 10.2 Å². The Kier molecular flexibility index (Phi) is 4.18. The molecule has 4 rings (SSSR count). The minimum atomic E-state index is -0.348. The number of furan rings is 1. The molecule has 4 aromatic rings. The molecular formula is C19H15FN4O2. The van der Waals surface area contributed by atoms with Crippen LogP contribution in [0, 0.1) is 5.82 Å². The molecule has 0 bridgehead atoms. The summed E-state index contributed by atoms with van der Waals surface area (Å²) in [5.74, 6) is 1.96. The van der Waals surface area contributed by atoms with Crippen LogP contribution in [-0.4, -0.2) is 22.2 Å². The molecule has 0 saturated heterocycles. The highest BCUT2D eigenvalue weighted by Crippen LogP contribution is 2.23. The monoisotopic (exact) mass is 350 g/mol. The van der Waals surface area contributed by atoms with Crippen LogP contribution < -0.4 is 4.90 Å². The van der Waals surface area contributed by atoms with E-state index in [1.165, 1.54) is 12.1 Å². The van der Waals surface area contributed by atoms with Crippen molar-refractivity contribution in [3.05, 3.63) is 72.6 Å². The summed E-state index contributed by atoms with van der Waals surface area (Å²) < 4.78 is 24.0. The molecule has 3 heterocycles. The van der Waals surface area contributed by atoms with Crippen LogP contribution in [0.2, 0.25) is 0 Å². The van der Waals surface area contributed by atoms with E-state index in [1.807, 2.05) is 36.2 Å². The summed E-state index contributed by atoms with van der Waals surface area (Å²) in [6, 6.07) is 13.5. The second-order valence-electron chi connectivity index (χ2n) is 5.77. The fourth-order valence-corrected chi connectivity index (χ4v) is 2.54. The van der Waals surface area contributed by atoms with Gasteiger partial charge >= 0.3 is 0 Å². The molecule has 26 heavy (non-hydrogen) atoms. The van der Waals surface area contributed by atoms with Gasteiger partial charge in [-0.3, -0.25) is 0 Å². The molecule has 6 nitrogen and oxygen atoms in total. The Balaban J connectivity index is 1.52. The highest BCUT2D eigenvalue weighted by atomic mass is 19.1. The minimum Gasteiger partial charge on any atom is -0.467 e. The summed E-state index contributed by atoms with van der Waals surface area (Å²) in [4.78, 5) is 10.7. The molecule has 0 saturated carbocycles. The van der Waals surface area contributed by atoms with Gasteiger partial charge < -0.3 is 13.8 Å². The van der Waals surface area contributed by atoms with Crippen LogP contribution in [0.25, 0.3) is 22.8 Å². The lowest BCUT2D eigenvalue weighted by molar-refractivity contribution is 0.432. The standard InChI is InChI=1S/C19H15FN4O2/c1-24(12-16-6-3-9-25-16)17-8-7-14(11-21-17)19-22-18(23-26-19)13-4-2-5-15(20)10-13/h2-11H,12H2,1H3. The number of anilines is 1. The third kappa shape index (κ3) is 3.32. The maximum Gasteiger partial charge on any atom is 0.259 e. The number of nitrogens with zero attached hydrogens (tertiary/aromatic N) is 4. The Morgan fingerprint density at radius 2 is 2.00 bits per heavy atom. The molecule has 1 aromatic carbocycles. The van der Waals surface area contributed by atoms with Crippen LogP contribution in [-0.2, 0) is 6.54 Å². The van der Waals surface area contributed by atoms with Crippen molar-refractivity contribution in [1.82, 2.24) is 15.1 Å². The number of aromatic nitrogens is 3. The van der Waals surface area contributed by atoms with Crippen LogP contribution in [0.1, 0.15) is 5.76 Å². The van der Waals surface area contributed by atoms with Crippen LogP contribution in [0.15, 0.2) is 69.9 Å². The number of halogens is 1. The number of pyridine rings is 1. The van der Waals surface area contributed by atoms with E-state index in [9.17, 15) is 4.39 Å². The van der Waals surface area contributed by atoms with Gasteiger partial charge in [0.15, 0.2) is 0 Å². The summed E-state index contributed by atoms with van der Waals surface area (Å²) in [5, 5.41) is 3.91. The fraction of sp³-hybridized carbons (Fsp3) is 0.105. The molecule has 0 aliphatic carbocycles. The smallest absolute Gasteiger partial charge is 0.259 e. The molecule has 0 N–H and O–H groups in total. The Morgan fingerprint density at radius 1 is 1.08 bits per heavy atom. The highest BCUT2D eigenvalue weighted by molar-refractivity contribution is 5.60. The molecule has 130 valence electrons. The summed E-state index contributed by atoms with van der Waals surface area (Å²) in [6.45, 7) is 0.615. The second-order valence-corrected chi connectivity index (χ2v) is 5.77. The van der Waals surface area contributed by atoms with Gasteiger partial charge in [-0.2, -0.15) is 4.98 Å². The first-order valence-corrected chi connectivity index (χ1v) is 7.98. The van der Waals surface area contributed by atoms with Crippen molar-refractivity contribution in [2.75, 3.05) is 11.9 Å². The van der Waals surface area contributed by atoms with Gasteiger partial charge in [0.25, 0.3) is 5.89 Å². The predicted octanol–water partition coefficient (Wildman–Crippen LogP) is 4.17. The lowest BCUT2D eigenvalue weighted by Gasteiger charge is -2.16. The van der Waals surface area contributed by atoms with Crippen LogP contribution in [0.5, 0.6) is 0 Å². The first-order chi connectivity index (χ1) is 12.7. The third-order valence-electron chi connectivity index (χ3n) is 3.87. The zero-order valence-corrected chi connectivity index (χ0v) is 14.0. The number of hydrogen-bond donors (Lipinski definition) is 0. The van der Waals surface area contributed by atoms with Crippen molar-refractivity contribution in [1.29, 1.82) is 0 Å². The molecule has 0 radical (unpaired) electrons. The Hall–Kier alpha value is -3.48. The lowest BCUT2D eigenvalue weighted by Crippen LogP contribution is -2.17. The van der Waals surface area contributed by atoms with E-state index in [4.69, 9.17) is 8.94 Å². The molecule has 7 heteroatoms. The number of rotatable bonds is 5. The molecule has 0 atom stereocenters. The normalized spacial score (nSPS) is 10.8. The van der Waals surface area contributed by atoms with Gasteiger partial charge in [-0.25, -0.2) is 9.37 Å². The van der Waals surface area contributed by atoms with Gasteiger partial charge in [0, 0.05) is 18.8 Å². The average Bonchev–Trinajstić information content (AvgIpc) is 3.34. The van der Waals surface area contributed by atoms with Gasteiger partial charge in [-0.05, 0) is 36.4 Å². The van der Waals surface area contributed by atoms with Crippen LogP contribution >= 0.6 is 0 Å². The zero-order chi connectivity index (χ0) is 17.9. The average molecular weight is 350 g/mol. The Morgan fingerprint density at radius 3 is 2.73 bits per heavy atom. The number of benzene rings is 1. The van der Waals surface area contributed by atoms with Crippen LogP contribution in [0.3, 0.4) is 0 Å². The zero-order valence-electron chi connectivity index (χ0n) is 14.0. The summed E-state index contributed by atoms with van der Waals surface area (Å²) in [5.41, 5.74) is 1.25. The van der Waals surface area contributed by atoms with Crippen molar-refractivity contribution in [2.45, 2.75) is 6.54 Å². The van der Waals surface area contributed by atoms with Gasteiger partial charge in [0.1, 0.15) is 17.4 Å². The molecule has 0 spiro atoms. The van der Waals surface area contributed by atoms with E-state index >= 15 is 0 Å². The first kappa shape index (κ1) is 16.0. The molecule has 3 aromatic heterocycles. The predicted molar refractivity (Wildman–Crippen MR) is 93.7 cm³/mol. The molecular weight excluding hydrogens is 335 g/mol. The molecule has 0 unspecified atom stereocenters. The fourth-order valence-electron chi connectivity index (χ4n) is 2.54. The van der Waals surface area contributed by atoms with Gasteiger partial charge in [-0.1, -0.05) is 17.3 Å². The second kappa shape index (κ2) is 6.79. The Bertz CT molecular complexity index is 997. The van der Waals surface area contributed by atoms with E-state index in [1.54, 1.807) is 24.6 Å². The van der Waals surface area contributed by atoms with E-state index in [0.717, 1.165) is 11.6 Å². The van der Waals surface area contributed by atoms with E-state index in [2.05, 4.69) is 15.1 Å². The van der Waals surface area contributed by atoms with Crippen molar-refractivity contribution in [2.24, 2.45) is 0 Å². The molecule has 0 aliphatic heterocycles. The Labute approximate surface area is 148 Å². The SMILES string of the molecule is CN(Cc1ccco1)c1ccc(-c2nc(-c3cccc(F)c3)no2)cn1. The van der Waals surface area contributed by atoms with Crippen molar-refractivity contribution in [3.63, 3.8) is 0 Å². The number of hydrogen-bond acceptors (Lipinski definition) is 6. The lowest BCUT2D eigenvalue weighted by atomic mass is 10.2. The third-order valence-corrected chi connectivity index (χ3v) is 3.87. The van der Waals surface area contributed by atoms with Gasteiger partial charge in [0.05, 0.1) is 18.4 Å². The molecule has 0 fully saturated rings. The quantitative estimate of drug-likeness (QED) is 0.538. The topological polar surface area (TPSA) is 68.2 Å². The maximum atomic E-state index is 13.3. The van der Waals surface area contributed by atoms with Gasteiger partial charge in [-0.15, -0.1) is 0 Å². The summed E-state index contributed by atoms with van der Waals surface area (Å²) in [6.07, 6.45) is 3.31. The van der Waals surface area contributed by atoms with Crippen molar-refractivity contribution in [3.8, 4) is 22.8 Å². The van der Waals surface area contributed by atoms with Crippen molar-refractivity contribution >= 4 is 5.82 Å². The summed E-state index contributed by atoms with van der Waals surface area (Å²) >= 11 is 0. The minimum absolute atomic E-state index is 0.331. The van der Waals surface area contributed by atoms with Crippen molar-refractivity contribution < 1.29 is 13.3 Å². The maximum absolute atomic E-state index is 13.3. The largest absolute Gasteiger partial charge is 0.467 e. The summed E-state index contributed by atoms with van der Waals surface area (Å²) in [7, 11) is 1.93. The first-order valence-electron chi connectivity index (χ1n) is 7.98.